The van der Waals surface area contributed by atoms with E-state index in [1.807, 2.05) is 37.1 Å². The Labute approximate surface area is 100 Å². The van der Waals surface area contributed by atoms with E-state index in [9.17, 15) is 0 Å². The first kappa shape index (κ1) is 11.1. The third-order valence-corrected chi connectivity index (χ3v) is 2.52. The minimum Gasteiger partial charge on any atom is -0.329 e. The maximum atomic E-state index is 8.74. The smallest absolute Gasteiger partial charge is 0.136 e. The second kappa shape index (κ2) is 4.62. The molecule has 0 N–H and O–H groups in total. The number of rotatable bonds is 2. The summed E-state index contributed by atoms with van der Waals surface area (Å²) < 4.78 is 0. The number of benzene rings is 1. The quantitative estimate of drug-likeness (QED) is 0.786. The molecular formula is C13H12N4. The highest BCUT2D eigenvalue weighted by molar-refractivity contribution is 5.59. The first-order chi connectivity index (χ1) is 8.20. The van der Waals surface area contributed by atoms with Crippen LogP contribution in [0.5, 0.6) is 0 Å². The highest BCUT2D eigenvalue weighted by atomic mass is 15.2. The summed E-state index contributed by atoms with van der Waals surface area (Å²) in [4.78, 5) is 10.2. The van der Waals surface area contributed by atoms with Crippen LogP contribution in [0.25, 0.3) is 0 Å². The van der Waals surface area contributed by atoms with Gasteiger partial charge in [0.1, 0.15) is 12.1 Å². The molecule has 0 fully saturated rings. The lowest BCUT2D eigenvalue weighted by Gasteiger charge is -2.18. The van der Waals surface area contributed by atoms with Gasteiger partial charge >= 0.3 is 0 Å². The van der Waals surface area contributed by atoms with Crippen molar-refractivity contribution in [3.8, 4) is 6.07 Å². The van der Waals surface area contributed by atoms with Gasteiger partial charge in [0.2, 0.25) is 0 Å². The SMILES string of the molecule is Cc1cc(N(C)c2ccc(C#N)cc2)ncn1. The summed E-state index contributed by atoms with van der Waals surface area (Å²) >= 11 is 0. The molecule has 1 aromatic heterocycles. The number of aromatic nitrogens is 2. The monoisotopic (exact) mass is 224 g/mol. The van der Waals surface area contributed by atoms with Crippen molar-refractivity contribution in [2.75, 3.05) is 11.9 Å². The molecule has 0 amide bonds. The van der Waals surface area contributed by atoms with Gasteiger partial charge in [-0.3, -0.25) is 0 Å². The fraction of sp³-hybridized carbons (Fsp3) is 0.154. The number of hydrogen-bond donors (Lipinski definition) is 0. The van der Waals surface area contributed by atoms with E-state index in [1.54, 1.807) is 18.5 Å². The van der Waals surface area contributed by atoms with Crippen LogP contribution in [0, 0.1) is 18.3 Å². The van der Waals surface area contributed by atoms with Crippen molar-refractivity contribution < 1.29 is 0 Å². The van der Waals surface area contributed by atoms with Crippen LogP contribution in [-0.2, 0) is 0 Å². The number of aryl methyl sites for hydroxylation is 1. The van der Waals surface area contributed by atoms with E-state index in [0.717, 1.165) is 17.2 Å². The maximum Gasteiger partial charge on any atom is 0.136 e. The summed E-state index contributed by atoms with van der Waals surface area (Å²) in [7, 11) is 1.93. The van der Waals surface area contributed by atoms with Crippen LogP contribution in [0.15, 0.2) is 36.7 Å². The minimum absolute atomic E-state index is 0.654. The lowest BCUT2D eigenvalue weighted by molar-refractivity contribution is 1.05. The average molecular weight is 224 g/mol. The van der Waals surface area contributed by atoms with Gasteiger partial charge in [-0.2, -0.15) is 5.26 Å². The molecule has 0 unspecified atom stereocenters. The minimum atomic E-state index is 0.654. The van der Waals surface area contributed by atoms with E-state index < -0.39 is 0 Å². The van der Waals surface area contributed by atoms with Crippen LogP contribution in [0.4, 0.5) is 11.5 Å². The van der Waals surface area contributed by atoms with Crippen molar-refractivity contribution in [2.45, 2.75) is 6.92 Å². The van der Waals surface area contributed by atoms with Gasteiger partial charge in [0.05, 0.1) is 11.6 Å². The summed E-state index contributed by atoms with van der Waals surface area (Å²) in [5, 5.41) is 8.74. The van der Waals surface area contributed by atoms with Crippen LogP contribution in [0.3, 0.4) is 0 Å². The molecule has 84 valence electrons. The molecule has 4 heteroatoms. The fourth-order valence-corrected chi connectivity index (χ4v) is 1.52. The standard InChI is InChI=1S/C13H12N4/c1-10-7-13(16-9-15-10)17(2)12-5-3-11(8-14)4-6-12/h3-7,9H,1-2H3. The van der Waals surface area contributed by atoms with Crippen molar-refractivity contribution in [1.29, 1.82) is 5.26 Å². The lowest BCUT2D eigenvalue weighted by atomic mass is 10.2. The second-order valence-corrected chi connectivity index (χ2v) is 3.74. The average Bonchev–Trinajstić information content (AvgIpc) is 2.38. The Kier molecular flexibility index (Phi) is 3.01. The molecule has 0 saturated carbocycles. The fourth-order valence-electron chi connectivity index (χ4n) is 1.52. The van der Waals surface area contributed by atoms with E-state index in [1.165, 1.54) is 0 Å². The van der Waals surface area contributed by atoms with Crippen molar-refractivity contribution >= 4 is 11.5 Å². The molecule has 0 atom stereocenters. The highest BCUT2D eigenvalue weighted by Crippen LogP contribution is 2.21. The Bertz CT molecular complexity index is 554. The molecule has 0 aliphatic heterocycles. The second-order valence-electron chi connectivity index (χ2n) is 3.74. The van der Waals surface area contributed by atoms with Crippen LogP contribution in [-0.4, -0.2) is 17.0 Å². The normalized spacial score (nSPS) is 9.71. The third kappa shape index (κ3) is 2.40. The predicted molar refractivity (Wildman–Crippen MR) is 66.0 cm³/mol. The summed E-state index contributed by atoms with van der Waals surface area (Å²) in [6.45, 7) is 1.93. The molecule has 2 rings (SSSR count). The Balaban J connectivity index is 2.30. The van der Waals surface area contributed by atoms with Gasteiger partial charge in [-0.05, 0) is 31.2 Å². The summed E-state index contributed by atoms with van der Waals surface area (Å²) in [6.07, 6.45) is 1.55. The molecule has 1 aromatic carbocycles. The van der Waals surface area contributed by atoms with E-state index in [-0.39, 0.29) is 0 Å². The van der Waals surface area contributed by atoms with Crippen molar-refractivity contribution in [3.63, 3.8) is 0 Å². The molecule has 4 nitrogen and oxygen atoms in total. The van der Waals surface area contributed by atoms with Gasteiger partial charge < -0.3 is 4.90 Å². The van der Waals surface area contributed by atoms with Crippen molar-refractivity contribution in [3.05, 3.63) is 47.9 Å². The molecule has 0 radical (unpaired) electrons. The van der Waals surface area contributed by atoms with Crippen LogP contribution in [0.1, 0.15) is 11.3 Å². The summed E-state index contributed by atoms with van der Waals surface area (Å²) in [5.74, 6) is 0.835. The van der Waals surface area contributed by atoms with Gasteiger partial charge in [0, 0.05) is 24.5 Å². The van der Waals surface area contributed by atoms with E-state index in [0.29, 0.717) is 5.56 Å². The Hall–Kier alpha value is -2.41. The lowest BCUT2D eigenvalue weighted by Crippen LogP contribution is -2.11. The van der Waals surface area contributed by atoms with Gasteiger partial charge in [-0.25, -0.2) is 9.97 Å². The van der Waals surface area contributed by atoms with Crippen LogP contribution >= 0.6 is 0 Å². The van der Waals surface area contributed by atoms with Gasteiger partial charge in [-0.15, -0.1) is 0 Å². The van der Waals surface area contributed by atoms with Crippen LogP contribution in [0.2, 0.25) is 0 Å². The Morgan fingerprint density at radius 1 is 1.18 bits per heavy atom. The number of hydrogen-bond acceptors (Lipinski definition) is 4. The largest absolute Gasteiger partial charge is 0.329 e. The number of nitriles is 1. The summed E-state index contributed by atoms with van der Waals surface area (Å²) in [6, 6.07) is 11.4. The summed E-state index contributed by atoms with van der Waals surface area (Å²) in [5.41, 5.74) is 2.57. The Morgan fingerprint density at radius 2 is 1.88 bits per heavy atom. The molecule has 0 spiro atoms. The van der Waals surface area contributed by atoms with Crippen LogP contribution < -0.4 is 4.90 Å². The first-order valence-corrected chi connectivity index (χ1v) is 5.23. The molecule has 0 aliphatic rings. The molecule has 0 aliphatic carbocycles. The van der Waals surface area contributed by atoms with Gasteiger partial charge in [0.25, 0.3) is 0 Å². The zero-order valence-electron chi connectivity index (χ0n) is 9.75. The van der Waals surface area contributed by atoms with E-state index in [4.69, 9.17) is 5.26 Å². The van der Waals surface area contributed by atoms with Crippen molar-refractivity contribution in [1.82, 2.24) is 9.97 Å². The molecule has 2 aromatic rings. The Morgan fingerprint density at radius 3 is 2.47 bits per heavy atom. The van der Waals surface area contributed by atoms with E-state index in [2.05, 4.69) is 16.0 Å². The number of anilines is 2. The van der Waals surface area contributed by atoms with Gasteiger partial charge in [-0.1, -0.05) is 0 Å². The highest BCUT2D eigenvalue weighted by Gasteiger charge is 2.05. The molecule has 17 heavy (non-hydrogen) atoms. The first-order valence-electron chi connectivity index (χ1n) is 5.23. The molecule has 0 saturated heterocycles. The van der Waals surface area contributed by atoms with E-state index >= 15 is 0 Å². The number of nitrogens with zero attached hydrogens (tertiary/aromatic N) is 4. The molecule has 1 heterocycles. The zero-order valence-corrected chi connectivity index (χ0v) is 9.75. The molecule has 0 bridgehead atoms. The topological polar surface area (TPSA) is 52.8 Å². The third-order valence-electron chi connectivity index (χ3n) is 2.52. The van der Waals surface area contributed by atoms with Gasteiger partial charge in [0.15, 0.2) is 0 Å². The molecular weight excluding hydrogens is 212 g/mol. The predicted octanol–water partition coefficient (Wildman–Crippen LogP) is 2.42. The zero-order chi connectivity index (χ0) is 12.3. The van der Waals surface area contributed by atoms with Crippen molar-refractivity contribution in [2.24, 2.45) is 0 Å². The maximum absolute atomic E-state index is 8.74.